The molecule has 1 amide bonds. The first-order valence-corrected chi connectivity index (χ1v) is 10.2. The van der Waals surface area contributed by atoms with E-state index in [0.29, 0.717) is 25.2 Å². The number of amides is 1. The van der Waals surface area contributed by atoms with Gasteiger partial charge in [-0.15, -0.1) is 0 Å². The average Bonchev–Trinajstić information content (AvgIpc) is 3.20. The summed E-state index contributed by atoms with van der Waals surface area (Å²) in [6, 6.07) is 3.07. The van der Waals surface area contributed by atoms with Crippen molar-refractivity contribution >= 4 is 5.91 Å². The van der Waals surface area contributed by atoms with Crippen molar-refractivity contribution in [3.8, 4) is 5.69 Å². The molecule has 11 heteroatoms. The largest absolute Gasteiger partial charge is 0.451 e. The van der Waals surface area contributed by atoms with Gasteiger partial charge in [0.25, 0.3) is 5.91 Å². The molecule has 0 fully saturated rings. The van der Waals surface area contributed by atoms with Gasteiger partial charge in [-0.3, -0.25) is 9.69 Å². The zero-order valence-electron chi connectivity index (χ0n) is 18.0. The Balaban J connectivity index is 0.00000141. The summed E-state index contributed by atoms with van der Waals surface area (Å²) in [6.45, 7) is 7.03. The molecule has 3 aromatic rings. The molecule has 0 aliphatic carbocycles. The summed E-state index contributed by atoms with van der Waals surface area (Å²) in [5.74, 6) is -1.83. The fourth-order valence-corrected chi connectivity index (χ4v) is 3.43. The highest BCUT2D eigenvalue weighted by atomic mass is 19.4. The molecular weight excluding hydrogens is 423 g/mol. The predicted octanol–water partition coefficient (Wildman–Crippen LogP) is 3.07. The normalized spacial score (nSPS) is 13.8. The van der Waals surface area contributed by atoms with E-state index in [-0.39, 0.29) is 17.9 Å². The smallest absolute Gasteiger partial charge is 0.364 e. The van der Waals surface area contributed by atoms with E-state index in [1.54, 1.807) is 16.9 Å². The van der Waals surface area contributed by atoms with E-state index in [1.165, 1.54) is 6.07 Å². The SMILES string of the molecule is CC.Cc1cnn(-c2cc(C(N)=O)nc3c2CCN(Cc2ccnc(C(F)(F)F)n2)C3)c1. The lowest BCUT2D eigenvalue weighted by atomic mass is 10.0. The van der Waals surface area contributed by atoms with Crippen LogP contribution in [0.1, 0.15) is 52.7 Å². The van der Waals surface area contributed by atoms with Crippen molar-refractivity contribution in [1.29, 1.82) is 0 Å². The molecule has 0 aromatic carbocycles. The monoisotopic (exact) mass is 447 g/mol. The van der Waals surface area contributed by atoms with Crippen LogP contribution in [0, 0.1) is 6.92 Å². The molecule has 0 saturated heterocycles. The van der Waals surface area contributed by atoms with Gasteiger partial charge in [0.05, 0.1) is 23.3 Å². The molecule has 8 nitrogen and oxygen atoms in total. The lowest BCUT2D eigenvalue weighted by Gasteiger charge is -2.29. The van der Waals surface area contributed by atoms with Crippen molar-refractivity contribution in [1.82, 2.24) is 29.6 Å². The Labute approximate surface area is 183 Å². The third-order valence-corrected chi connectivity index (χ3v) is 4.80. The third-order valence-electron chi connectivity index (χ3n) is 4.80. The summed E-state index contributed by atoms with van der Waals surface area (Å²) in [4.78, 5) is 25.0. The number of halogens is 3. The molecule has 3 aromatic heterocycles. The summed E-state index contributed by atoms with van der Waals surface area (Å²) in [5, 5.41) is 4.31. The predicted molar refractivity (Wildman–Crippen MR) is 111 cm³/mol. The minimum absolute atomic E-state index is 0.111. The molecule has 170 valence electrons. The van der Waals surface area contributed by atoms with Crippen molar-refractivity contribution in [2.45, 2.75) is 46.5 Å². The second-order valence-electron chi connectivity index (χ2n) is 7.11. The van der Waals surface area contributed by atoms with Crippen LogP contribution in [0.2, 0.25) is 0 Å². The third kappa shape index (κ3) is 5.10. The van der Waals surface area contributed by atoms with Crippen molar-refractivity contribution in [2.24, 2.45) is 5.73 Å². The van der Waals surface area contributed by atoms with Gasteiger partial charge < -0.3 is 5.73 Å². The standard InChI is InChI=1S/C19H18F3N7O.C2H6/c1-11-7-25-29(8-11)16-6-14(17(23)30)27-15-10-28(5-3-13(15)16)9-12-2-4-24-18(26-12)19(20,21)22;1-2/h2,4,6-8H,3,5,9-10H2,1H3,(H2,23,30);1-2H3. The summed E-state index contributed by atoms with van der Waals surface area (Å²) in [6.07, 6.45) is 0.641. The fraction of sp³-hybridized carbons (Fsp3) is 0.381. The number of primary amides is 1. The van der Waals surface area contributed by atoms with Crippen LogP contribution >= 0.6 is 0 Å². The van der Waals surface area contributed by atoms with Gasteiger partial charge >= 0.3 is 6.18 Å². The van der Waals surface area contributed by atoms with Gasteiger partial charge in [0.15, 0.2) is 0 Å². The van der Waals surface area contributed by atoms with Gasteiger partial charge in [0.2, 0.25) is 5.82 Å². The van der Waals surface area contributed by atoms with Gasteiger partial charge in [-0.05, 0) is 31.0 Å². The van der Waals surface area contributed by atoms with Crippen LogP contribution in [0.3, 0.4) is 0 Å². The number of nitrogens with zero attached hydrogens (tertiary/aromatic N) is 6. The molecule has 4 heterocycles. The average molecular weight is 447 g/mol. The van der Waals surface area contributed by atoms with Crippen LogP contribution in [-0.4, -0.2) is 42.1 Å². The number of rotatable bonds is 4. The number of pyridine rings is 1. The Morgan fingerprint density at radius 2 is 2.00 bits per heavy atom. The van der Waals surface area contributed by atoms with Gasteiger partial charge in [-0.2, -0.15) is 18.3 Å². The van der Waals surface area contributed by atoms with Crippen molar-refractivity contribution in [2.75, 3.05) is 6.54 Å². The number of carbonyl (C=O) groups is 1. The number of alkyl halides is 3. The van der Waals surface area contributed by atoms with Crippen molar-refractivity contribution in [3.63, 3.8) is 0 Å². The number of carbonyl (C=O) groups excluding carboxylic acids is 1. The van der Waals surface area contributed by atoms with Crippen molar-refractivity contribution < 1.29 is 18.0 Å². The highest BCUT2D eigenvalue weighted by Gasteiger charge is 2.34. The van der Waals surface area contributed by atoms with Crippen molar-refractivity contribution in [3.05, 3.63) is 64.8 Å². The fourth-order valence-electron chi connectivity index (χ4n) is 3.43. The Morgan fingerprint density at radius 1 is 1.25 bits per heavy atom. The van der Waals surface area contributed by atoms with E-state index in [9.17, 15) is 18.0 Å². The molecular formula is C21H24F3N7O. The first kappa shape index (κ1) is 23.3. The van der Waals surface area contributed by atoms with E-state index in [1.807, 2.05) is 31.9 Å². The molecule has 2 N–H and O–H groups in total. The van der Waals surface area contributed by atoms with E-state index in [2.05, 4.69) is 20.1 Å². The first-order valence-electron chi connectivity index (χ1n) is 10.2. The zero-order valence-corrected chi connectivity index (χ0v) is 18.0. The van der Waals surface area contributed by atoms with Crippen LogP contribution in [-0.2, 0) is 25.7 Å². The molecule has 0 saturated carbocycles. The Kier molecular flexibility index (Phi) is 6.87. The highest BCUT2D eigenvalue weighted by Crippen LogP contribution is 2.28. The van der Waals surface area contributed by atoms with Crippen LogP contribution in [0.25, 0.3) is 5.69 Å². The summed E-state index contributed by atoms with van der Waals surface area (Å²) in [5.41, 5.74) is 9.08. The molecule has 1 aliphatic heterocycles. The summed E-state index contributed by atoms with van der Waals surface area (Å²) >= 11 is 0. The van der Waals surface area contributed by atoms with Crippen LogP contribution in [0.5, 0.6) is 0 Å². The van der Waals surface area contributed by atoms with E-state index in [4.69, 9.17) is 5.73 Å². The minimum Gasteiger partial charge on any atom is -0.364 e. The lowest BCUT2D eigenvalue weighted by Crippen LogP contribution is -2.33. The summed E-state index contributed by atoms with van der Waals surface area (Å²) in [7, 11) is 0. The lowest BCUT2D eigenvalue weighted by molar-refractivity contribution is -0.145. The molecule has 32 heavy (non-hydrogen) atoms. The van der Waals surface area contributed by atoms with Crippen LogP contribution in [0.15, 0.2) is 30.7 Å². The molecule has 0 bridgehead atoms. The van der Waals surface area contributed by atoms with Gasteiger partial charge in [-0.1, -0.05) is 13.8 Å². The molecule has 4 rings (SSSR count). The minimum atomic E-state index is -4.60. The number of hydrogen-bond acceptors (Lipinski definition) is 6. The Bertz CT molecular complexity index is 1110. The molecule has 0 spiro atoms. The topological polar surface area (TPSA) is 103 Å². The number of hydrogen-bond donors (Lipinski definition) is 1. The van der Waals surface area contributed by atoms with Gasteiger partial charge in [0.1, 0.15) is 5.69 Å². The van der Waals surface area contributed by atoms with E-state index >= 15 is 0 Å². The zero-order chi connectivity index (χ0) is 23.5. The summed E-state index contributed by atoms with van der Waals surface area (Å²) < 4.78 is 40.3. The van der Waals surface area contributed by atoms with Crippen LogP contribution in [0.4, 0.5) is 13.2 Å². The molecule has 0 radical (unpaired) electrons. The molecule has 0 atom stereocenters. The van der Waals surface area contributed by atoms with E-state index < -0.39 is 17.9 Å². The highest BCUT2D eigenvalue weighted by molar-refractivity contribution is 5.91. The number of nitrogens with two attached hydrogens (primary N) is 1. The second kappa shape index (κ2) is 9.43. The number of fused-ring (bicyclic) bond motifs is 1. The Morgan fingerprint density at radius 3 is 2.62 bits per heavy atom. The molecule has 0 unspecified atom stereocenters. The molecule has 1 aliphatic rings. The number of aryl methyl sites for hydroxylation is 1. The first-order chi connectivity index (χ1) is 15.2. The second-order valence-corrected chi connectivity index (χ2v) is 7.11. The maximum absolute atomic E-state index is 12.9. The quantitative estimate of drug-likeness (QED) is 0.659. The van der Waals surface area contributed by atoms with E-state index in [0.717, 1.165) is 23.0 Å². The maximum atomic E-state index is 12.9. The number of aromatic nitrogens is 5. The maximum Gasteiger partial charge on any atom is 0.451 e. The Hall–Kier alpha value is -3.34. The van der Waals surface area contributed by atoms with Crippen LogP contribution < -0.4 is 5.73 Å². The van der Waals surface area contributed by atoms with Gasteiger partial charge in [0, 0.05) is 37.6 Å². The van der Waals surface area contributed by atoms with Gasteiger partial charge in [-0.25, -0.2) is 19.6 Å².